The molecule has 56 heavy (non-hydrogen) atoms. The number of hydrogen-bond acceptors (Lipinski definition) is 1. The van der Waals surface area contributed by atoms with Gasteiger partial charge in [0.05, 0.1) is 11.0 Å². The largest absolute Gasteiger partial charge is 0.309 e. The van der Waals surface area contributed by atoms with Gasteiger partial charge in [0.1, 0.15) is 0 Å². The summed E-state index contributed by atoms with van der Waals surface area (Å²) in [5, 5.41) is 5.13. The molecule has 0 bridgehead atoms. The average molecular weight is 730 g/mol. The van der Waals surface area contributed by atoms with E-state index in [0.29, 0.717) is 0 Å². The zero-order valence-electron chi connectivity index (χ0n) is 30.6. The van der Waals surface area contributed by atoms with Crippen LogP contribution in [-0.2, 0) is 0 Å². The first-order chi connectivity index (χ1) is 27.7. The molecule has 0 spiro atoms. The van der Waals surface area contributed by atoms with Crippen LogP contribution < -0.4 is 0 Å². The van der Waals surface area contributed by atoms with Crippen molar-refractivity contribution in [3.63, 3.8) is 0 Å². The Morgan fingerprint density at radius 3 is 1.04 bits per heavy atom. The van der Waals surface area contributed by atoms with Crippen LogP contribution in [0.4, 0.5) is 0 Å². The Balaban J connectivity index is 0.999. The lowest BCUT2D eigenvalue weighted by Crippen LogP contribution is -1.94. The van der Waals surface area contributed by atoms with Crippen LogP contribution in [0, 0.1) is 0 Å². The van der Waals surface area contributed by atoms with Crippen LogP contribution in [0.2, 0.25) is 0 Å². The van der Waals surface area contributed by atoms with Crippen LogP contribution >= 0.6 is 11.3 Å². The summed E-state index contributed by atoms with van der Waals surface area (Å²) >= 11 is 1.87. The maximum atomic E-state index is 2.42. The van der Waals surface area contributed by atoms with Gasteiger partial charge in [0.25, 0.3) is 0 Å². The molecular formula is C54H35NS. The average Bonchev–Trinajstić information content (AvgIpc) is 3.81. The summed E-state index contributed by atoms with van der Waals surface area (Å²) in [6.45, 7) is 0. The topological polar surface area (TPSA) is 4.93 Å². The molecule has 0 fully saturated rings. The van der Waals surface area contributed by atoms with Crippen LogP contribution in [0.15, 0.2) is 212 Å². The second-order valence-electron chi connectivity index (χ2n) is 14.5. The fourth-order valence-corrected chi connectivity index (χ4v) is 9.44. The van der Waals surface area contributed by atoms with E-state index < -0.39 is 0 Å². The van der Waals surface area contributed by atoms with Crippen molar-refractivity contribution in [1.82, 2.24) is 4.57 Å². The highest BCUT2D eigenvalue weighted by Crippen LogP contribution is 2.40. The van der Waals surface area contributed by atoms with Gasteiger partial charge in [0, 0.05) is 36.6 Å². The van der Waals surface area contributed by atoms with Crippen molar-refractivity contribution in [3.8, 4) is 61.3 Å². The van der Waals surface area contributed by atoms with E-state index in [1.807, 2.05) is 11.3 Å². The fourth-order valence-electron chi connectivity index (χ4n) is 8.37. The van der Waals surface area contributed by atoms with Crippen LogP contribution in [0.1, 0.15) is 0 Å². The van der Waals surface area contributed by atoms with Crippen LogP contribution in [-0.4, -0.2) is 4.57 Å². The molecule has 1 nitrogen and oxygen atoms in total. The molecule has 0 saturated heterocycles. The summed E-state index contributed by atoms with van der Waals surface area (Å²) in [4.78, 5) is 0. The molecular weight excluding hydrogens is 695 g/mol. The fraction of sp³-hybridized carbons (Fsp3) is 0. The van der Waals surface area contributed by atoms with Crippen molar-refractivity contribution in [1.29, 1.82) is 0 Å². The maximum absolute atomic E-state index is 2.42. The molecule has 0 aliphatic rings. The predicted octanol–water partition coefficient (Wildman–Crippen LogP) is 15.5. The molecule has 0 saturated carbocycles. The summed E-state index contributed by atoms with van der Waals surface area (Å²) in [5.41, 5.74) is 15.8. The number of aromatic nitrogens is 1. The van der Waals surface area contributed by atoms with Gasteiger partial charge in [-0.15, -0.1) is 11.3 Å². The van der Waals surface area contributed by atoms with E-state index in [1.165, 1.54) is 97.6 Å². The minimum Gasteiger partial charge on any atom is -0.309 e. The Bertz CT molecular complexity index is 3210. The van der Waals surface area contributed by atoms with E-state index in [0.717, 1.165) is 5.69 Å². The van der Waals surface area contributed by atoms with Gasteiger partial charge in [-0.3, -0.25) is 0 Å². The van der Waals surface area contributed by atoms with Crippen molar-refractivity contribution >= 4 is 53.3 Å². The molecule has 0 N–H and O–H groups in total. The third-order valence-electron chi connectivity index (χ3n) is 11.2. The number of hydrogen-bond donors (Lipinski definition) is 0. The molecule has 0 radical (unpaired) electrons. The number of thiophene rings is 1. The molecule has 11 aromatic rings. The zero-order chi connectivity index (χ0) is 37.0. The summed E-state index contributed by atoms with van der Waals surface area (Å²) in [6.07, 6.45) is 0. The molecule has 2 heterocycles. The van der Waals surface area contributed by atoms with Crippen LogP contribution in [0.3, 0.4) is 0 Å². The number of rotatable bonds is 6. The smallest absolute Gasteiger partial charge is 0.0541 e. The van der Waals surface area contributed by atoms with Gasteiger partial charge in [-0.25, -0.2) is 0 Å². The van der Waals surface area contributed by atoms with Crippen molar-refractivity contribution < 1.29 is 0 Å². The standard InChI is InChI=1S/C54H35NS/c1-4-11-36(12-5-1)41-17-10-18-46(31-41)55-51-27-23-42(37-13-6-2-7-14-37)32-47(51)48-33-43(24-28-52(48)55)39-19-21-40(22-20-39)45-26-30-54-50(35-45)49-34-44(25-29-53(49)56-54)38-15-8-3-9-16-38/h1-35H. The predicted molar refractivity (Wildman–Crippen MR) is 241 cm³/mol. The Kier molecular flexibility index (Phi) is 7.75. The third kappa shape index (κ3) is 5.62. The lowest BCUT2D eigenvalue weighted by Gasteiger charge is -2.11. The van der Waals surface area contributed by atoms with Crippen LogP contribution in [0.5, 0.6) is 0 Å². The Morgan fingerprint density at radius 2 is 0.589 bits per heavy atom. The summed E-state index contributed by atoms with van der Waals surface area (Å²) in [6, 6.07) is 77.7. The Morgan fingerprint density at radius 1 is 0.250 bits per heavy atom. The number of fused-ring (bicyclic) bond motifs is 6. The van der Waals surface area contributed by atoms with Crippen molar-refractivity contribution in [2.75, 3.05) is 0 Å². The molecule has 0 aliphatic heterocycles. The second kappa shape index (κ2) is 13.4. The van der Waals surface area contributed by atoms with Gasteiger partial charge in [-0.2, -0.15) is 0 Å². The van der Waals surface area contributed by atoms with Gasteiger partial charge in [0.15, 0.2) is 0 Å². The van der Waals surface area contributed by atoms with E-state index in [4.69, 9.17) is 0 Å². The number of benzene rings is 9. The highest BCUT2D eigenvalue weighted by molar-refractivity contribution is 7.25. The zero-order valence-corrected chi connectivity index (χ0v) is 31.4. The summed E-state index contributed by atoms with van der Waals surface area (Å²) in [5.74, 6) is 0. The van der Waals surface area contributed by atoms with E-state index in [1.54, 1.807) is 0 Å². The molecule has 2 heteroatoms. The Hall–Kier alpha value is -7.00. The minimum atomic E-state index is 1.16. The molecule has 9 aromatic carbocycles. The van der Waals surface area contributed by atoms with E-state index in [-0.39, 0.29) is 0 Å². The molecule has 0 atom stereocenters. The van der Waals surface area contributed by atoms with Crippen molar-refractivity contribution in [2.24, 2.45) is 0 Å². The highest BCUT2D eigenvalue weighted by Gasteiger charge is 2.16. The SMILES string of the molecule is c1ccc(-c2cccc(-n3c4ccc(-c5ccccc5)cc4c4cc(-c5ccc(-c6ccc7sc8ccc(-c9ccccc9)cc8c7c6)cc5)ccc43)c2)cc1. The second-order valence-corrected chi connectivity index (χ2v) is 15.6. The monoisotopic (exact) mass is 729 g/mol. The van der Waals surface area contributed by atoms with Gasteiger partial charge in [0.2, 0.25) is 0 Å². The lowest BCUT2D eigenvalue weighted by atomic mass is 9.97. The van der Waals surface area contributed by atoms with Crippen molar-refractivity contribution in [2.45, 2.75) is 0 Å². The van der Waals surface area contributed by atoms with Crippen LogP contribution in [0.25, 0.3) is 103 Å². The molecule has 0 aliphatic carbocycles. The van der Waals surface area contributed by atoms with E-state index >= 15 is 0 Å². The third-order valence-corrected chi connectivity index (χ3v) is 12.4. The molecule has 0 amide bonds. The van der Waals surface area contributed by atoms with E-state index in [9.17, 15) is 0 Å². The first-order valence-corrected chi connectivity index (χ1v) is 20.0. The molecule has 2 aromatic heterocycles. The first kappa shape index (κ1) is 32.4. The first-order valence-electron chi connectivity index (χ1n) is 19.2. The van der Waals surface area contributed by atoms with E-state index in [2.05, 4.69) is 217 Å². The maximum Gasteiger partial charge on any atom is 0.0541 e. The summed E-state index contributed by atoms with van der Waals surface area (Å²) < 4.78 is 5.07. The number of nitrogens with zero attached hydrogens (tertiary/aromatic N) is 1. The van der Waals surface area contributed by atoms with Gasteiger partial charge in [-0.05, 0) is 116 Å². The summed E-state index contributed by atoms with van der Waals surface area (Å²) in [7, 11) is 0. The lowest BCUT2D eigenvalue weighted by molar-refractivity contribution is 1.18. The Labute approximate surface area is 330 Å². The molecule has 0 unspecified atom stereocenters. The van der Waals surface area contributed by atoms with Gasteiger partial charge >= 0.3 is 0 Å². The normalized spacial score (nSPS) is 11.6. The van der Waals surface area contributed by atoms with Crippen molar-refractivity contribution in [3.05, 3.63) is 212 Å². The quantitative estimate of drug-likeness (QED) is 0.161. The molecule has 11 rings (SSSR count). The van der Waals surface area contributed by atoms with Gasteiger partial charge < -0.3 is 4.57 Å². The minimum absolute atomic E-state index is 1.16. The highest BCUT2D eigenvalue weighted by atomic mass is 32.1. The van der Waals surface area contributed by atoms with Gasteiger partial charge in [-0.1, -0.05) is 152 Å². The molecule has 262 valence electrons.